The average molecular weight is 358 g/mol. The average Bonchev–Trinajstić information content (AvgIpc) is 2.98. The van der Waals surface area contributed by atoms with E-state index < -0.39 is 29.6 Å². The van der Waals surface area contributed by atoms with Crippen molar-refractivity contribution in [1.82, 2.24) is 10.2 Å². The van der Waals surface area contributed by atoms with Crippen LogP contribution in [0.4, 0.5) is 13.2 Å². The maximum Gasteiger partial charge on any atom is 0.442 e. The van der Waals surface area contributed by atoms with Crippen LogP contribution in [0.25, 0.3) is 0 Å². The van der Waals surface area contributed by atoms with Gasteiger partial charge in [0.05, 0.1) is 6.61 Å². The van der Waals surface area contributed by atoms with Gasteiger partial charge in [-0.15, -0.1) is 0 Å². The molecule has 0 aromatic heterocycles. The summed E-state index contributed by atoms with van der Waals surface area (Å²) in [7, 11) is 0. The van der Waals surface area contributed by atoms with Gasteiger partial charge >= 0.3 is 17.8 Å². The van der Waals surface area contributed by atoms with E-state index in [0.29, 0.717) is 4.90 Å². The molecule has 1 heterocycles. The highest BCUT2D eigenvalue weighted by Crippen LogP contribution is 2.37. The second kappa shape index (κ2) is 7.12. The Morgan fingerprint density at radius 1 is 1.24 bits per heavy atom. The number of hydrogen-bond acceptors (Lipinski definition) is 4. The summed E-state index contributed by atoms with van der Waals surface area (Å²) >= 11 is 0. The van der Waals surface area contributed by atoms with Crippen LogP contribution in [0.1, 0.15) is 30.1 Å². The highest BCUT2D eigenvalue weighted by atomic mass is 19.4. The molecule has 2 rings (SSSR count). The van der Waals surface area contributed by atoms with E-state index in [9.17, 15) is 27.6 Å². The standard InChI is InChI=1S/C16H17F3N2O4/c1-2-25-14(24)15(16(17,18)19,21-10-6-9-12(21)22)20-13(23)11-7-4-3-5-8-11/h3-5,7-8H,2,6,9-10H2,1H3,(H,20,23)/t15-/m0/s1. The summed E-state index contributed by atoms with van der Waals surface area (Å²) in [6.45, 7) is 0.690. The summed E-state index contributed by atoms with van der Waals surface area (Å²) in [6.07, 6.45) is -5.25. The number of benzene rings is 1. The fourth-order valence-corrected chi connectivity index (χ4v) is 2.63. The number of halogens is 3. The van der Waals surface area contributed by atoms with Crippen molar-refractivity contribution in [2.45, 2.75) is 31.6 Å². The second-order valence-corrected chi connectivity index (χ2v) is 5.40. The number of esters is 1. The Balaban J connectivity index is 2.51. The van der Waals surface area contributed by atoms with Crippen LogP contribution in [-0.2, 0) is 14.3 Å². The second-order valence-electron chi connectivity index (χ2n) is 5.40. The summed E-state index contributed by atoms with van der Waals surface area (Å²) in [6, 6.07) is 7.12. The van der Waals surface area contributed by atoms with Gasteiger partial charge < -0.3 is 15.0 Å². The summed E-state index contributed by atoms with van der Waals surface area (Å²) < 4.78 is 46.4. The molecule has 1 saturated heterocycles. The lowest BCUT2D eigenvalue weighted by Crippen LogP contribution is -2.74. The lowest BCUT2D eigenvalue weighted by atomic mass is 10.1. The van der Waals surface area contributed by atoms with E-state index in [2.05, 4.69) is 4.74 Å². The van der Waals surface area contributed by atoms with E-state index >= 15 is 0 Å². The maximum atomic E-state index is 13.9. The van der Waals surface area contributed by atoms with E-state index in [1.807, 2.05) is 0 Å². The van der Waals surface area contributed by atoms with Crippen molar-refractivity contribution >= 4 is 17.8 Å². The molecule has 25 heavy (non-hydrogen) atoms. The van der Waals surface area contributed by atoms with Gasteiger partial charge in [0.2, 0.25) is 5.91 Å². The lowest BCUT2D eigenvalue weighted by Gasteiger charge is -2.40. The van der Waals surface area contributed by atoms with Crippen molar-refractivity contribution in [3.05, 3.63) is 35.9 Å². The molecule has 0 aliphatic carbocycles. The molecule has 1 N–H and O–H groups in total. The summed E-state index contributed by atoms with van der Waals surface area (Å²) in [5.74, 6) is -3.74. The lowest BCUT2D eigenvalue weighted by molar-refractivity contribution is -0.243. The molecule has 1 aliphatic rings. The van der Waals surface area contributed by atoms with Gasteiger partial charge in [0.1, 0.15) is 0 Å². The van der Waals surface area contributed by atoms with Crippen molar-refractivity contribution in [2.24, 2.45) is 0 Å². The zero-order valence-electron chi connectivity index (χ0n) is 13.4. The number of likely N-dealkylation sites (tertiary alicyclic amines) is 1. The first-order valence-corrected chi connectivity index (χ1v) is 7.66. The molecule has 2 amide bonds. The molecular weight excluding hydrogens is 341 g/mol. The third-order valence-corrected chi connectivity index (χ3v) is 3.79. The molecule has 1 atom stereocenters. The van der Waals surface area contributed by atoms with Crippen LogP contribution >= 0.6 is 0 Å². The monoisotopic (exact) mass is 358 g/mol. The van der Waals surface area contributed by atoms with Crippen LogP contribution < -0.4 is 5.32 Å². The predicted molar refractivity (Wildman–Crippen MR) is 80.3 cm³/mol. The quantitative estimate of drug-likeness (QED) is 0.816. The largest absolute Gasteiger partial charge is 0.463 e. The third kappa shape index (κ3) is 3.45. The number of hydrogen-bond donors (Lipinski definition) is 1. The number of carbonyl (C=O) groups is 3. The fourth-order valence-electron chi connectivity index (χ4n) is 2.63. The molecular formula is C16H17F3N2O4. The zero-order valence-corrected chi connectivity index (χ0v) is 13.4. The molecule has 0 unspecified atom stereocenters. The van der Waals surface area contributed by atoms with Crippen LogP contribution in [0.15, 0.2) is 30.3 Å². The Hall–Kier alpha value is -2.58. The molecule has 0 spiro atoms. The summed E-state index contributed by atoms with van der Waals surface area (Å²) in [5, 5.41) is 1.71. The molecule has 1 aromatic rings. The third-order valence-electron chi connectivity index (χ3n) is 3.79. The first-order chi connectivity index (χ1) is 11.7. The number of alkyl halides is 3. The van der Waals surface area contributed by atoms with Gasteiger partial charge in [-0.1, -0.05) is 18.2 Å². The minimum absolute atomic E-state index is 0.0768. The number of nitrogens with one attached hydrogen (secondary N) is 1. The Morgan fingerprint density at radius 3 is 2.36 bits per heavy atom. The van der Waals surface area contributed by atoms with Gasteiger partial charge in [-0.2, -0.15) is 13.2 Å². The highest BCUT2D eigenvalue weighted by Gasteiger charge is 2.68. The van der Waals surface area contributed by atoms with Crippen LogP contribution in [0.2, 0.25) is 0 Å². The first kappa shape index (κ1) is 18.8. The van der Waals surface area contributed by atoms with Crippen molar-refractivity contribution in [1.29, 1.82) is 0 Å². The SMILES string of the molecule is CCOC(=O)[C@](NC(=O)c1ccccc1)(N1CCCC1=O)C(F)(F)F. The molecule has 9 heteroatoms. The van der Waals surface area contributed by atoms with Crippen molar-refractivity contribution in [2.75, 3.05) is 13.2 Å². The molecule has 0 radical (unpaired) electrons. The smallest absolute Gasteiger partial charge is 0.442 e. The van der Waals surface area contributed by atoms with E-state index in [1.165, 1.54) is 31.2 Å². The molecule has 1 fully saturated rings. The number of ether oxygens (including phenoxy) is 1. The van der Waals surface area contributed by atoms with Gasteiger partial charge in [-0.25, -0.2) is 4.79 Å². The van der Waals surface area contributed by atoms with Gasteiger partial charge in [-0.3, -0.25) is 9.59 Å². The fraction of sp³-hybridized carbons (Fsp3) is 0.438. The van der Waals surface area contributed by atoms with Gasteiger partial charge in [0.15, 0.2) is 0 Å². The topological polar surface area (TPSA) is 75.7 Å². The highest BCUT2D eigenvalue weighted by molar-refractivity contribution is 6.00. The molecule has 0 bridgehead atoms. The number of nitrogens with zero attached hydrogens (tertiary/aromatic N) is 1. The molecule has 1 aromatic carbocycles. The van der Waals surface area contributed by atoms with Crippen LogP contribution in [0.3, 0.4) is 0 Å². The number of rotatable bonds is 5. The predicted octanol–water partition coefficient (Wildman–Crippen LogP) is 1.86. The van der Waals surface area contributed by atoms with E-state index in [-0.39, 0.29) is 31.6 Å². The van der Waals surface area contributed by atoms with Crippen molar-refractivity contribution in [3.63, 3.8) is 0 Å². The van der Waals surface area contributed by atoms with Gasteiger partial charge in [-0.05, 0) is 25.5 Å². The van der Waals surface area contributed by atoms with Crippen LogP contribution in [0, 0.1) is 0 Å². The first-order valence-electron chi connectivity index (χ1n) is 7.66. The normalized spacial score (nSPS) is 17.1. The number of amides is 2. The maximum absolute atomic E-state index is 13.9. The Bertz CT molecular complexity index is 663. The van der Waals surface area contributed by atoms with E-state index in [4.69, 9.17) is 0 Å². The molecule has 1 aliphatic heterocycles. The molecule has 136 valence electrons. The molecule has 6 nitrogen and oxygen atoms in total. The summed E-state index contributed by atoms with van der Waals surface area (Å²) in [4.78, 5) is 36.9. The van der Waals surface area contributed by atoms with Crippen molar-refractivity contribution in [3.8, 4) is 0 Å². The van der Waals surface area contributed by atoms with Crippen molar-refractivity contribution < 1.29 is 32.3 Å². The van der Waals surface area contributed by atoms with Gasteiger partial charge in [0.25, 0.3) is 5.91 Å². The zero-order chi connectivity index (χ0) is 18.7. The van der Waals surface area contributed by atoms with Crippen LogP contribution in [-0.4, -0.2) is 47.7 Å². The number of carbonyl (C=O) groups excluding carboxylic acids is 3. The minimum atomic E-state index is -5.26. The van der Waals surface area contributed by atoms with Gasteiger partial charge in [0, 0.05) is 18.5 Å². The Morgan fingerprint density at radius 2 is 1.88 bits per heavy atom. The van der Waals surface area contributed by atoms with E-state index in [0.717, 1.165) is 0 Å². The Labute approximate surface area is 141 Å². The van der Waals surface area contributed by atoms with E-state index in [1.54, 1.807) is 11.4 Å². The Kier molecular flexibility index (Phi) is 5.34. The van der Waals surface area contributed by atoms with Crippen LogP contribution in [0.5, 0.6) is 0 Å². The minimum Gasteiger partial charge on any atom is -0.463 e. The summed E-state index contributed by atoms with van der Waals surface area (Å²) in [5.41, 5.74) is -3.63. The molecule has 0 saturated carbocycles.